The summed E-state index contributed by atoms with van der Waals surface area (Å²) in [5.41, 5.74) is 7.00. The highest BCUT2D eigenvalue weighted by Crippen LogP contribution is 2.41. The fourth-order valence-corrected chi connectivity index (χ4v) is 4.44. The van der Waals surface area contributed by atoms with Crippen LogP contribution in [0.5, 0.6) is 5.75 Å². The molecule has 5 rings (SSSR count). The maximum Gasteiger partial charge on any atom is 0.351 e. The molecule has 0 amide bonds. The van der Waals surface area contributed by atoms with E-state index >= 15 is 0 Å². The van der Waals surface area contributed by atoms with Gasteiger partial charge in [0.05, 0.1) is 20.3 Å². The van der Waals surface area contributed by atoms with Crippen LogP contribution in [0.1, 0.15) is 22.9 Å². The quantitative estimate of drug-likeness (QED) is 0.380. The van der Waals surface area contributed by atoms with Gasteiger partial charge in [-0.2, -0.15) is 4.98 Å². The molecular formula is C28H27N3O5. The molecule has 0 radical (unpaired) electrons. The first-order chi connectivity index (χ1) is 17.6. The molecule has 1 aliphatic rings. The second-order valence-corrected chi connectivity index (χ2v) is 8.35. The molecule has 1 saturated heterocycles. The first-order valence-electron chi connectivity index (χ1n) is 11.6. The molecule has 0 aliphatic carbocycles. The van der Waals surface area contributed by atoms with Crippen molar-refractivity contribution in [3.05, 3.63) is 124 Å². The smallest absolute Gasteiger partial charge is 0.351 e. The summed E-state index contributed by atoms with van der Waals surface area (Å²) in [5.74, 6) is 0.909. The Kier molecular flexibility index (Phi) is 6.81. The van der Waals surface area contributed by atoms with Crippen molar-refractivity contribution >= 4 is 5.82 Å². The minimum Gasteiger partial charge on any atom is -0.497 e. The van der Waals surface area contributed by atoms with Crippen molar-refractivity contribution < 1.29 is 18.9 Å². The van der Waals surface area contributed by atoms with Crippen molar-refractivity contribution in [2.24, 2.45) is 0 Å². The number of benzene rings is 3. The molecule has 3 aromatic carbocycles. The maximum atomic E-state index is 12.3. The number of nitrogens with zero attached hydrogens (tertiary/aromatic N) is 2. The molecule has 1 aromatic heterocycles. The van der Waals surface area contributed by atoms with Gasteiger partial charge in [0, 0.05) is 6.20 Å². The molecule has 2 N–H and O–H groups in total. The number of hydrogen-bond acceptors (Lipinski definition) is 7. The van der Waals surface area contributed by atoms with E-state index < -0.39 is 23.8 Å². The van der Waals surface area contributed by atoms with Crippen molar-refractivity contribution in [3.8, 4) is 5.75 Å². The van der Waals surface area contributed by atoms with Crippen LogP contribution < -0.4 is 16.2 Å². The number of anilines is 1. The summed E-state index contributed by atoms with van der Waals surface area (Å²) in [6.45, 7) is 0.301. The standard InChI is InChI=1S/C28H27N3O5/c1-33-23-14-12-22(13-15-23)28(20-8-4-2-5-9-20,21-10-6-3-7-11-21)35-19-26-34-18-25(36-26)31-17-16-24(29)30-27(31)32/h2-17,25-26H,18-19H2,1H3,(H2,29,30,32)/t25-,26-/m0/s1. The summed E-state index contributed by atoms with van der Waals surface area (Å²) >= 11 is 0. The van der Waals surface area contributed by atoms with E-state index in [1.165, 1.54) is 4.57 Å². The average molecular weight is 486 g/mol. The van der Waals surface area contributed by atoms with Gasteiger partial charge in [0.2, 0.25) is 0 Å². The molecule has 184 valence electrons. The van der Waals surface area contributed by atoms with E-state index in [2.05, 4.69) is 4.98 Å². The molecule has 8 nitrogen and oxygen atoms in total. The molecule has 1 fully saturated rings. The molecule has 8 heteroatoms. The summed E-state index contributed by atoms with van der Waals surface area (Å²) in [6, 6.07) is 29.4. The molecule has 36 heavy (non-hydrogen) atoms. The molecular weight excluding hydrogens is 458 g/mol. The lowest BCUT2D eigenvalue weighted by Gasteiger charge is -2.36. The Morgan fingerprint density at radius 3 is 2.14 bits per heavy atom. The SMILES string of the molecule is COc1ccc(C(OC[C@H]2OC[C@@H](n3ccc(N)nc3=O)O2)(c2ccccc2)c2ccccc2)cc1. The molecule has 0 unspecified atom stereocenters. The van der Waals surface area contributed by atoms with Gasteiger partial charge in [-0.05, 0) is 34.9 Å². The third-order valence-corrected chi connectivity index (χ3v) is 6.19. The Morgan fingerprint density at radius 1 is 0.944 bits per heavy atom. The third kappa shape index (κ3) is 4.61. The normalized spacial score (nSPS) is 17.7. The minimum absolute atomic E-state index is 0.115. The van der Waals surface area contributed by atoms with Crippen LogP contribution in [0.15, 0.2) is 102 Å². The topological polar surface area (TPSA) is 97.8 Å². The molecule has 1 aliphatic heterocycles. The van der Waals surface area contributed by atoms with E-state index in [4.69, 9.17) is 24.7 Å². The van der Waals surface area contributed by atoms with Crippen molar-refractivity contribution in [1.82, 2.24) is 9.55 Å². The summed E-state index contributed by atoms with van der Waals surface area (Å²) < 4.78 is 25.4. The monoisotopic (exact) mass is 485 g/mol. The van der Waals surface area contributed by atoms with Gasteiger partial charge in [-0.1, -0.05) is 72.8 Å². The summed E-state index contributed by atoms with van der Waals surface area (Å²) in [6.07, 6.45) is 0.241. The van der Waals surface area contributed by atoms with Crippen LogP contribution in [-0.2, 0) is 19.8 Å². The Balaban J connectivity index is 1.49. The van der Waals surface area contributed by atoms with Crippen molar-refractivity contribution in [2.75, 3.05) is 26.1 Å². The highest BCUT2D eigenvalue weighted by molar-refractivity contribution is 5.48. The first kappa shape index (κ1) is 23.7. The van der Waals surface area contributed by atoms with E-state index in [9.17, 15) is 4.79 Å². The highest BCUT2D eigenvalue weighted by atomic mass is 16.7. The van der Waals surface area contributed by atoms with Crippen molar-refractivity contribution in [2.45, 2.75) is 18.1 Å². The van der Waals surface area contributed by atoms with E-state index in [1.807, 2.05) is 84.9 Å². The molecule has 2 atom stereocenters. The number of nitrogens with two attached hydrogens (primary N) is 1. The highest BCUT2D eigenvalue weighted by Gasteiger charge is 2.40. The van der Waals surface area contributed by atoms with E-state index in [0.29, 0.717) is 0 Å². The number of ether oxygens (including phenoxy) is 4. The molecule has 0 saturated carbocycles. The minimum atomic E-state index is -0.945. The van der Waals surface area contributed by atoms with Crippen molar-refractivity contribution in [3.63, 3.8) is 0 Å². The predicted octanol–water partition coefficient (Wildman–Crippen LogP) is 3.71. The summed E-state index contributed by atoms with van der Waals surface area (Å²) in [5, 5.41) is 0. The number of hydrogen-bond donors (Lipinski definition) is 1. The zero-order chi connectivity index (χ0) is 25.0. The van der Waals surface area contributed by atoms with E-state index in [1.54, 1.807) is 19.4 Å². The number of rotatable bonds is 8. The first-order valence-corrected chi connectivity index (χ1v) is 11.6. The van der Waals surface area contributed by atoms with Crippen LogP contribution in [-0.4, -0.2) is 36.2 Å². The van der Waals surface area contributed by atoms with Gasteiger partial charge in [-0.15, -0.1) is 0 Å². The molecule has 2 heterocycles. The third-order valence-electron chi connectivity index (χ3n) is 6.19. The molecule has 0 spiro atoms. The second-order valence-electron chi connectivity index (χ2n) is 8.35. The summed E-state index contributed by atoms with van der Waals surface area (Å²) in [4.78, 5) is 16.0. The Bertz CT molecular complexity index is 1300. The van der Waals surface area contributed by atoms with Gasteiger partial charge >= 0.3 is 5.69 Å². The van der Waals surface area contributed by atoms with Gasteiger partial charge in [-0.25, -0.2) is 4.79 Å². The summed E-state index contributed by atoms with van der Waals surface area (Å²) in [7, 11) is 1.64. The van der Waals surface area contributed by atoms with E-state index in [-0.39, 0.29) is 19.0 Å². The van der Waals surface area contributed by atoms with E-state index in [0.717, 1.165) is 22.4 Å². The maximum absolute atomic E-state index is 12.3. The lowest BCUT2D eigenvalue weighted by Crippen LogP contribution is -2.36. The van der Waals surface area contributed by atoms with Gasteiger partial charge in [0.15, 0.2) is 12.5 Å². The van der Waals surface area contributed by atoms with Crippen LogP contribution in [0.4, 0.5) is 5.82 Å². The lowest BCUT2D eigenvalue weighted by molar-refractivity contribution is -0.139. The van der Waals surface area contributed by atoms with Crippen LogP contribution in [0, 0.1) is 0 Å². The van der Waals surface area contributed by atoms with Gasteiger partial charge in [0.25, 0.3) is 0 Å². The van der Waals surface area contributed by atoms with Crippen LogP contribution >= 0.6 is 0 Å². The number of aromatic nitrogens is 2. The fourth-order valence-electron chi connectivity index (χ4n) is 4.44. The Morgan fingerprint density at radius 2 is 1.56 bits per heavy atom. The lowest BCUT2D eigenvalue weighted by atomic mass is 9.80. The Labute approximate surface area is 208 Å². The zero-order valence-corrected chi connectivity index (χ0v) is 19.8. The molecule has 0 bridgehead atoms. The number of nitrogen functional groups attached to an aromatic ring is 1. The zero-order valence-electron chi connectivity index (χ0n) is 19.8. The van der Waals surface area contributed by atoms with Gasteiger partial charge in [-0.3, -0.25) is 4.57 Å². The fraction of sp³-hybridized carbons (Fsp3) is 0.214. The van der Waals surface area contributed by atoms with Gasteiger partial charge in [0.1, 0.15) is 17.2 Å². The van der Waals surface area contributed by atoms with Crippen LogP contribution in [0.25, 0.3) is 0 Å². The second kappa shape index (κ2) is 10.3. The largest absolute Gasteiger partial charge is 0.497 e. The number of methoxy groups -OCH3 is 1. The predicted molar refractivity (Wildman–Crippen MR) is 134 cm³/mol. The van der Waals surface area contributed by atoms with Crippen LogP contribution in [0.2, 0.25) is 0 Å². The Hall–Kier alpha value is -3.98. The van der Waals surface area contributed by atoms with Crippen LogP contribution in [0.3, 0.4) is 0 Å². The average Bonchev–Trinajstić information content (AvgIpc) is 3.39. The molecule has 4 aromatic rings. The van der Waals surface area contributed by atoms with Crippen molar-refractivity contribution in [1.29, 1.82) is 0 Å². The van der Waals surface area contributed by atoms with Gasteiger partial charge < -0.3 is 24.7 Å².